The smallest absolute Gasteiger partial charge is 0.318 e. The minimum absolute atomic E-state index is 0.118. The van der Waals surface area contributed by atoms with E-state index in [9.17, 15) is 23.2 Å². The van der Waals surface area contributed by atoms with Gasteiger partial charge in [0.2, 0.25) is 5.91 Å². The number of carbonyl (C=O) groups excluding carboxylic acids is 1. The second kappa shape index (κ2) is 13.0. The first-order valence-electron chi connectivity index (χ1n) is 15.5. The van der Waals surface area contributed by atoms with Crippen molar-refractivity contribution in [2.75, 3.05) is 55.7 Å². The topological polar surface area (TPSA) is 88.8 Å². The largest absolute Gasteiger partial charge is 0.462 e. The molecule has 3 aliphatic heterocycles. The van der Waals surface area contributed by atoms with E-state index in [0.717, 1.165) is 67.0 Å². The van der Waals surface area contributed by atoms with E-state index < -0.39 is 6.43 Å². The normalized spacial score (nSPS) is 23.4. The molecular weight excluding hydrogens is 571 g/mol. The third-order valence-electron chi connectivity index (χ3n) is 9.46. The zero-order valence-electron chi connectivity index (χ0n) is 24.8. The number of rotatable bonds is 9. The molecular formula is C32H38F3N7O2. The highest BCUT2D eigenvalue weighted by atomic mass is 19.3. The average Bonchev–Trinajstić information content (AvgIpc) is 3.02. The number of fused-ring (bicyclic) bond motifs is 2. The van der Waals surface area contributed by atoms with Gasteiger partial charge in [-0.15, -0.1) is 0 Å². The molecule has 2 fully saturated rings. The van der Waals surface area contributed by atoms with Gasteiger partial charge in [0.25, 0.3) is 6.43 Å². The number of piperazine rings is 1. The van der Waals surface area contributed by atoms with Crippen LogP contribution in [0.4, 0.5) is 24.7 Å². The Hall–Kier alpha value is -3.85. The molecule has 0 saturated carbocycles. The molecule has 2 saturated heterocycles. The monoisotopic (exact) mass is 609 g/mol. The van der Waals surface area contributed by atoms with E-state index >= 15 is 0 Å². The summed E-state index contributed by atoms with van der Waals surface area (Å²) in [5.74, 6) is 0.291. The lowest BCUT2D eigenvalue weighted by atomic mass is 9.88. The molecule has 1 aliphatic carbocycles. The Kier molecular flexibility index (Phi) is 8.93. The number of carbonyl (C=O) groups is 1. The van der Waals surface area contributed by atoms with Gasteiger partial charge in [-0.05, 0) is 55.9 Å². The van der Waals surface area contributed by atoms with Crippen molar-refractivity contribution in [1.82, 2.24) is 19.8 Å². The van der Waals surface area contributed by atoms with Crippen LogP contribution >= 0.6 is 0 Å². The number of benzene rings is 1. The summed E-state index contributed by atoms with van der Waals surface area (Å²) >= 11 is 0. The van der Waals surface area contributed by atoms with Crippen LogP contribution in [0.1, 0.15) is 42.5 Å². The molecule has 0 radical (unpaired) electrons. The van der Waals surface area contributed by atoms with Crippen LogP contribution in [0.25, 0.3) is 0 Å². The number of likely N-dealkylation sites (tertiary alicyclic amines) is 1. The first kappa shape index (κ1) is 30.2. The Morgan fingerprint density at radius 1 is 1.16 bits per heavy atom. The number of hydrogen-bond donors (Lipinski definition) is 0. The summed E-state index contributed by atoms with van der Waals surface area (Å²) in [7, 11) is 0. The summed E-state index contributed by atoms with van der Waals surface area (Å²) in [6.07, 6.45) is 3.95. The fourth-order valence-electron chi connectivity index (χ4n) is 7.11. The summed E-state index contributed by atoms with van der Waals surface area (Å²) in [6.45, 7) is 6.39. The number of alkyl halides is 2. The van der Waals surface area contributed by atoms with Gasteiger partial charge in [0.15, 0.2) is 0 Å². The highest BCUT2D eigenvalue weighted by molar-refractivity contribution is 5.87. The van der Waals surface area contributed by atoms with Gasteiger partial charge < -0.3 is 19.4 Å². The Morgan fingerprint density at radius 3 is 2.77 bits per heavy atom. The molecule has 0 bridgehead atoms. The maximum Gasteiger partial charge on any atom is 0.318 e. The minimum Gasteiger partial charge on any atom is -0.462 e. The van der Waals surface area contributed by atoms with Crippen LogP contribution in [0.15, 0.2) is 30.9 Å². The molecule has 234 valence electrons. The molecule has 6 rings (SSSR count). The summed E-state index contributed by atoms with van der Waals surface area (Å²) in [4.78, 5) is 30.0. The quantitative estimate of drug-likeness (QED) is 0.398. The van der Waals surface area contributed by atoms with Gasteiger partial charge in [-0.25, -0.2) is 13.2 Å². The van der Waals surface area contributed by atoms with Crippen molar-refractivity contribution < 1.29 is 22.7 Å². The summed E-state index contributed by atoms with van der Waals surface area (Å²) in [5.41, 5.74) is 3.98. The molecule has 1 aromatic carbocycles. The number of amides is 1. The van der Waals surface area contributed by atoms with Crippen LogP contribution in [-0.4, -0.2) is 96.1 Å². The Balaban J connectivity index is 1.28. The van der Waals surface area contributed by atoms with E-state index in [1.807, 2.05) is 6.07 Å². The van der Waals surface area contributed by atoms with Gasteiger partial charge in [-0.1, -0.05) is 12.6 Å². The van der Waals surface area contributed by atoms with Gasteiger partial charge in [0.1, 0.15) is 18.2 Å². The van der Waals surface area contributed by atoms with Crippen LogP contribution in [0.3, 0.4) is 0 Å². The van der Waals surface area contributed by atoms with E-state index in [-0.39, 0.29) is 55.4 Å². The van der Waals surface area contributed by atoms with Crippen molar-refractivity contribution in [1.29, 1.82) is 5.26 Å². The lowest BCUT2D eigenvalue weighted by Gasteiger charge is -2.43. The summed E-state index contributed by atoms with van der Waals surface area (Å²) < 4.78 is 46.4. The Labute approximate surface area is 255 Å². The second-order valence-corrected chi connectivity index (χ2v) is 12.1. The van der Waals surface area contributed by atoms with Crippen LogP contribution in [0, 0.1) is 17.1 Å². The van der Waals surface area contributed by atoms with Gasteiger partial charge >= 0.3 is 6.01 Å². The number of hydrogen-bond acceptors (Lipinski definition) is 8. The Morgan fingerprint density at radius 2 is 2.02 bits per heavy atom. The standard InChI is InChI=1S/C32H38F3N7O2/c1-2-30(43)42-15-14-40(18-24(42)9-11-36)31-26-8-7-23(41-12-3-4-21-5-6-22(33)16-28(21)41)17-27(26)37-32(38-31)44-20-25-10-13-39(25)19-29(34)35/h2,5-6,16,23-25,29H,1,3-4,7-10,12-15,17-20H2. The number of ether oxygens (including phenoxy) is 1. The fraction of sp³-hybridized carbons (Fsp3) is 0.562. The fourth-order valence-corrected chi connectivity index (χ4v) is 7.11. The predicted molar refractivity (Wildman–Crippen MR) is 160 cm³/mol. The predicted octanol–water partition coefficient (Wildman–Crippen LogP) is 3.76. The van der Waals surface area contributed by atoms with Crippen molar-refractivity contribution in [2.45, 2.75) is 69.5 Å². The summed E-state index contributed by atoms with van der Waals surface area (Å²) in [5, 5.41) is 9.49. The van der Waals surface area contributed by atoms with E-state index in [2.05, 4.69) is 22.4 Å². The van der Waals surface area contributed by atoms with Crippen LogP contribution in [0.2, 0.25) is 0 Å². The van der Waals surface area contributed by atoms with Gasteiger partial charge in [-0.2, -0.15) is 15.2 Å². The van der Waals surface area contributed by atoms with E-state index in [1.54, 1.807) is 15.9 Å². The van der Waals surface area contributed by atoms with Crippen molar-refractivity contribution in [3.8, 4) is 12.1 Å². The zero-order chi connectivity index (χ0) is 30.8. The zero-order valence-corrected chi connectivity index (χ0v) is 24.8. The van der Waals surface area contributed by atoms with Crippen molar-refractivity contribution in [3.63, 3.8) is 0 Å². The van der Waals surface area contributed by atoms with Crippen molar-refractivity contribution in [2.24, 2.45) is 0 Å². The van der Waals surface area contributed by atoms with E-state index in [1.165, 1.54) is 12.1 Å². The highest BCUT2D eigenvalue weighted by Crippen LogP contribution is 2.37. The van der Waals surface area contributed by atoms with Gasteiger partial charge in [0, 0.05) is 62.5 Å². The maximum absolute atomic E-state index is 14.3. The lowest BCUT2D eigenvalue weighted by molar-refractivity contribution is -0.128. The number of nitrogens with zero attached hydrogens (tertiary/aromatic N) is 7. The third-order valence-corrected chi connectivity index (χ3v) is 9.46. The molecule has 44 heavy (non-hydrogen) atoms. The molecule has 1 aromatic heterocycles. The minimum atomic E-state index is -2.40. The van der Waals surface area contributed by atoms with Crippen molar-refractivity contribution in [3.05, 3.63) is 53.5 Å². The van der Waals surface area contributed by atoms with Crippen LogP contribution in [-0.2, 0) is 24.1 Å². The molecule has 4 aliphatic rings. The highest BCUT2D eigenvalue weighted by Gasteiger charge is 2.36. The molecule has 12 heteroatoms. The van der Waals surface area contributed by atoms with E-state index in [0.29, 0.717) is 32.6 Å². The number of aryl methyl sites for hydroxylation is 1. The molecule has 0 spiro atoms. The van der Waals surface area contributed by atoms with Crippen molar-refractivity contribution >= 4 is 17.4 Å². The molecule has 3 unspecified atom stereocenters. The van der Waals surface area contributed by atoms with Gasteiger partial charge in [0.05, 0.1) is 30.8 Å². The average molecular weight is 610 g/mol. The maximum atomic E-state index is 14.3. The lowest BCUT2D eigenvalue weighted by Crippen LogP contribution is -2.55. The molecule has 1 amide bonds. The molecule has 0 N–H and O–H groups in total. The number of nitriles is 1. The van der Waals surface area contributed by atoms with E-state index in [4.69, 9.17) is 14.7 Å². The number of anilines is 2. The van der Waals surface area contributed by atoms with Crippen LogP contribution in [0.5, 0.6) is 6.01 Å². The summed E-state index contributed by atoms with van der Waals surface area (Å²) in [6, 6.07) is 7.14. The third kappa shape index (κ3) is 6.20. The molecule has 9 nitrogen and oxygen atoms in total. The molecule has 2 aromatic rings. The van der Waals surface area contributed by atoms with Crippen LogP contribution < -0.4 is 14.5 Å². The first-order chi connectivity index (χ1) is 21.3. The first-order valence-corrected chi connectivity index (χ1v) is 15.5. The SMILES string of the molecule is C=CC(=O)N1CCN(c2nc(OCC3CCN3CC(F)F)nc3c2CCC(N2CCCc4ccc(F)cc42)C3)CC1CC#N. The second-order valence-electron chi connectivity index (χ2n) is 12.1. The van der Waals surface area contributed by atoms with Gasteiger partial charge in [-0.3, -0.25) is 9.69 Å². The Bertz CT molecular complexity index is 1430. The molecule has 4 heterocycles. The molecule has 3 atom stereocenters. The number of halogens is 3. The number of aromatic nitrogens is 2.